The standard InChI is InChI=1S/C13H18N6O2/c1-21-8-4-5-10(14)13(20)16-11-6-2-3-7-12(11)19-9-15-17-18-19/h2-3,6-7,9-10H,4-5,8,14H2,1H3,(H,16,20). The summed E-state index contributed by atoms with van der Waals surface area (Å²) >= 11 is 0. The maximum Gasteiger partial charge on any atom is 0.241 e. The third-order valence-electron chi connectivity index (χ3n) is 2.96. The van der Waals surface area contributed by atoms with Crippen LogP contribution in [0.1, 0.15) is 12.8 Å². The second kappa shape index (κ2) is 7.46. The summed E-state index contributed by atoms with van der Waals surface area (Å²) in [4.78, 5) is 12.1. The Morgan fingerprint density at radius 3 is 3.00 bits per heavy atom. The molecule has 1 aromatic carbocycles. The number of hydrogen-bond donors (Lipinski definition) is 2. The number of benzene rings is 1. The molecule has 0 aliphatic rings. The van der Waals surface area contributed by atoms with Gasteiger partial charge in [0.15, 0.2) is 0 Å². The zero-order valence-electron chi connectivity index (χ0n) is 11.8. The van der Waals surface area contributed by atoms with Gasteiger partial charge in [0.05, 0.1) is 17.4 Å². The molecule has 3 N–H and O–H groups in total. The lowest BCUT2D eigenvalue weighted by Gasteiger charge is -2.14. The van der Waals surface area contributed by atoms with Crippen molar-refractivity contribution in [3.05, 3.63) is 30.6 Å². The summed E-state index contributed by atoms with van der Waals surface area (Å²) in [6, 6.07) is 6.66. The van der Waals surface area contributed by atoms with Crippen LogP contribution in [0.15, 0.2) is 30.6 Å². The van der Waals surface area contributed by atoms with Gasteiger partial charge in [-0.1, -0.05) is 12.1 Å². The summed E-state index contributed by atoms with van der Waals surface area (Å²) in [6.45, 7) is 0.586. The Morgan fingerprint density at radius 1 is 1.48 bits per heavy atom. The molecular formula is C13H18N6O2. The van der Waals surface area contributed by atoms with Gasteiger partial charge >= 0.3 is 0 Å². The smallest absolute Gasteiger partial charge is 0.241 e. The zero-order chi connectivity index (χ0) is 15.1. The number of carbonyl (C=O) groups excluding carboxylic acids is 1. The highest BCUT2D eigenvalue weighted by Crippen LogP contribution is 2.18. The van der Waals surface area contributed by atoms with Gasteiger partial charge < -0.3 is 15.8 Å². The van der Waals surface area contributed by atoms with Crippen molar-refractivity contribution in [2.45, 2.75) is 18.9 Å². The first kappa shape index (κ1) is 15.1. The monoisotopic (exact) mass is 290 g/mol. The predicted octanol–water partition coefficient (Wildman–Crippen LogP) is 0.355. The molecule has 0 radical (unpaired) electrons. The summed E-state index contributed by atoms with van der Waals surface area (Å²) in [7, 11) is 1.62. The number of tetrazole rings is 1. The molecule has 1 heterocycles. The number of nitrogens with zero attached hydrogens (tertiary/aromatic N) is 4. The summed E-state index contributed by atoms with van der Waals surface area (Å²) in [5.74, 6) is -0.244. The molecule has 1 atom stereocenters. The molecule has 0 fully saturated rings. The SMILES string of the molecule is COCCCC(N)C(=O)Nc1ccccc1-n1cnnn1. The molecule has 0 saturated heterocycles. The lowest BCUT2D eigenvalue weighted by molar-refractivity contribution is -0.117. The van der Waals surface area contributed by atoms with Crippen molar-refractivity contribution in [2.75, 3.05) is 19.0 Å². The van der Waals surface area contributed by atoms with Crippen LogP contribution >= 0.6 is 0 Å². The maximum atomic E-state index is 12.1. The number of para-hydroxylation sites is 2. The van der Waals surface area contributed by atoms with E-state index in [2.05, 4.69) is 20.8 Å². The zero-order valence-corrected chi connectivity index (χ0v) is 11.8. The van der Waals surface area contributed by atoms with E-state index in [0.717, 1.165) is 6.42 Å². The summed E-state index contributed by atoms with van der Waals surface area (Å²) in [5, 5.41) is 13.8. The van der Waals surface area contributed by atoms with E-state index in [1.807, 2.05) is 18.2 Å². The van der Waals surface area contributed by atoms with Crippen LogP contribution in [0.3, 0.4) is 0 Å². The van der Waals surface area contributed by atoms with E-state index in [4.69, 9.17) is 10.5 Å². The Kier molecular flexibility index (Phi) is 5.35. The first-order chi connectivity index (χ1) is 10.2. The number of anilines is 1. The van der Waals surface area contributed by atoms with Crippen molar-refractivity contribution in [1.29, 1.82) is 0 Å². The van der Waals surface area contributed by atoms with Crippen LogP contribution in [0, 0.1) is 0 Å². The molecule has 112 valence electrons. The quantitative estimate of drug-likeness (QED) is 0.713. The van der Waals surface area contributed by atoms with E-state index in [-0.39, 0.29) is 5.91 Å². The molecule has 1 unspecified atom stereocenters. The summed E-state index contributed by atoms with van der Waals surface area (Å²) in [6.07, 6.45) is 2.76. The molecule has 2 aromatic rings. The largest absolute Gasteiger partial charge is 0.385 e. The molecule has 0 bridgehead atoms. The van der Waals surface area contributed by atoms with Gasteiger partial charge in [0, 0.05) is 13.7 Å². The van der Waals surface area contributed by atoms with Crippen molar-refractivity contribution in [3.8, 4) is 5.69 Å². The number of ether oxygens (including phenoxy) is 1. The van der Waals surface area contributed by atoms with Crippen LogP contribution < -0.4 is 11.1 Å². The predicted molar refractivity (Wildman–Crippen MR) is 76.9 cm³/mol. The molecular weight excluding hydrogens is 272 g/mol. The van der Waals surface area contributed by atoms with Gasteiger partial charge in [0.2, 0.25) is 5.91 Å². The third kappa shape index (κ3) is 4.07. The first-order valence-corrected chi connectivity index (χ1v) is 6.60. The minimum absolute atomic E-state index is 0.244. The van der Waals surface area contributed by atoms with Crippen LogP contribution in [0.25, 0.3) is 5.69 Å². The molecule has 0 spiro atoms. The lowest BCUT2D eigenvalue weighted by atomic mass is 10.1. The van der Waals surface area contributed by atoms with Crippen molar-refractivity contribution >= 4 is 11.6 Å². The molecule has 8 nitrogen and oxygen atoms in total. The van der Waals surface area contributed by atoms with Gasteiger partial charge in [-0.15, -0.1) is 5.10 Å². The lowest BCUT2D eigenvalue weighted by Crippen LogP contribution is -2.36. The van der Waals surface area contributed by atoms with Crippen LogP contribution in [0.5, 0.6) is 0 Å². The fourth-order valence-electron chi connectivity index (χ4n) is 1.85. The Morgan fingerprint density at radius 2 is 2.29 bits per heavy atom. The van der Waals surface area contributed by atoms with Crippen LogP contribution in [-0.2, 0) is 9.53 Å². The highest BCUT2D eigenvalue weighted by atomic mass is 16.5. The van der Waals surface area contributed by atoms with Crippen LogP contribution in [0.2, 0.25) is 0 Å². The fraction of sp³-hybridized carbons (Fsp3) is 0.385. The van der Waals surface area contributed by atoms with Gasteiger partial charge in [0.1, 0.15) is 6.33 Å². The number of rotatable bonds is 7. The van der Waals surface area contributed by atoms with E-state index in [9.17, 15) is 4.79 Å². The highest BCUT2D eigenvalue weighted by Gasteiger charge is 2.15. The van der Waals surface area contributed by atoms with E-state index in [1.54, 1.807) is 13.2 Å². The molecule has 1 aromatic heterocycles. The molecule has 0 saturated carbocycles. The number of nitrogens with two attached hydrogens (primary N) is 1. The average Bonchev–Trinajstić information content (AvgIpc) is 3.02. The van der Waals surface area contributed by atoms with E-state index < -0.39 is 6.04 Å². The molecule has 2 rings (SSSR count). The highest BCUT2D eigenvalue weighted by molar-refractivity contribution is 5.96. The van der Waals surface area contributed by atoms with Crippen molar-refractivity contribution in [3.63, 3.8) is 0 Å². The Hall–Kier alpha value is -2.32. The molecule has 21 heavy (non-hydrogen) atoms. The maximum absolute atomic E-state index is 12.1. The van der Waals surface area contributed by atoms with Gasteiger partial charge in [-0.25, -0.2) is 0 Å². The average molecular weight is 290 g/mol. The van der Waals surface area contributed by atoms with Crippen molar-refractivity contribution in [2.24, 2.45) is 5.73 Å². The van der Waals surface area contributed by atoms with Crippen molar-refractivity contribution < 1.29 is 9.53 Å². The molecule has 0 aliphatic carbocycles. The molecule has 8 heteroatoms. The first-order valence-electron chi connectivity index (χ1n) is 6.60. The van der Waals surface area contributed by atoms with Gasteiger partial charge in [-0.2, -0.15) is 4.68 Å². The second-order valence-electron chi connectivity index (χ2n) is 4.50. The molecule has 1 amide bonds. The number of carbonyl (C=O) groups is 1. The Labute approximate surface area is 122 Å². The van der Waals surface area contributed by atoms with E-state index in [0.29, 0.717) is 24.4 Å². The summed E-state index contributed by atoms with van der Waals surface area (Å²) in [5.41, 5.74) is 7.15. The fourth-order valence-corrected chi connectivity index (χ4v) is 1.85. The number of amides is 1. The summed E-state index contributed by atoms with van der Waals surface area (Å²) < 4.78 is 6.42. The number of methoxy groups -OCH3 is 1. The topological polar surface area (TPSA) is 108 Å². The van der Waals surface area contributed by atoms with Crippen molar-refractivity contribution in [1.82, 2.24) is 20.2 Å². The Balaban J connectivity index is 2.04. The van der Waals surface area contributed by atoms with Gasteiger partial charge in [-0.05, 0) is 35.4 Å². The Bertz CT molecular complexity index is 572. The second-order valence-corrected chi connectivity index (χ2v) is 4.50. The van der Waals surface area contributed by atoms with Gasteiger partial charge in [-0.3, -0.25) is 4.79 Å². The minimum Gasteiger partial charge on any atom is -0.385 e. The molecule has 0 aliphatic heterocycles. The van der Waals surface area contributed by atoms with Crippen LogP contribution in [0.4, 0.5) is 5.69 Å². The van der Waals surface area contributed by atoms with Crippen LogP contribution in [-0.4, -0.2) is 45.9 Å². The minimum atomic E-state index is -0.581. The van der Waals surface area contributed by atoms with E-state index in [1.165, 1.54) is 11.0 Å². The number of aromatic nitrogens is 4. The number of nitrogens with one attached hydrogen (secondary N) is 1. The third-order valence-corrected chi connectivity index (χ3v) is 2.96. The van der Waals surface area contributed by atoms with E-state index >= 15 is 0 Å². The normalized spacial score (nSPS) is 12.1. The number of hydrogen-bond acceptors (Lipinski definition) is 6. The van der Waals surface area contributed by atoms with Gasteiger partial charge in [0.25, 0.3) is 0 Å².